The van der Waals surface area contributed by atoms with Crippen LogP contribution in [0.25, 0.3) is 0 Å². The number of rotatable bonds is 6. The van der Waals surface area contributed by atoms with Crippen LogP contribution >= 0.6 is 0 Å². The Labute approximate surface area is 171 Å². The quantitative estimate of drug-likeness (QED) is 0.546. The summed E-state index contributed by atoms with van der Waals surface area (Å²) in [5.41, 5.74) is -0.118. The maximum absolute atomic E-state index is 13.5. The second-order valence-corrected chi connectivity index (χ2v) is 7.18. The van der Waals surface area contributed by atoms with Gasteiger partial charge in [-0.25, -0.2) is 0 Å². The summed E-state index contributed by atoms with van der Waals surface area (Å²) in [6, 6.07) is 18.5. The second-order valence-electron chi connectivity index (χ2n) is 7.18. The summed E-state index contributed by atoms with van der Waals surface area (Å²) in [7, 11) is 0. The van der Waals surface area contributed by atoms with Gasteiger partial charge < -0.3 is 9.47 Å². The number of benzene rings is 2. The fourth-order valence-electron chi connectivity index (χ4n) is 4.39. The van der Waals surface area contributed by atoms with Gasteiger partial charge in [0.1, 0.15) is 5.78 Å². The molecule has 1 aliphatic carbocycles. The van der Waals surface area contributed by atoms with Crippen LogP contribution in [0.4, 0.5) is 0 Å². The minimum absolute atomic E-state index is 0.0110. The standard InChI is InChI=1S/C24H26O5/c1-3-28-22(26)24(23(27)29-4-2)20(17-11-7-5-8-12-17)15-19(25)16-21(24)18-13-9-6-10-14-18/h5-14,20-21H,3-4,15-16H2,1-2H3. The van der Waals surface area contributed by atoms with Crippen LogP contribution in [0.3, 0.4) is 0 Å². The summed E-state index contributed by atoms with van der Waals surface area (Å²) in [6.07, 6.45) is 0.177. The number of carbonyl (C=O) groups is 3. The minimum atomic E-state index is -1.62. The minimum Gasteiger partial charge on any atom is -0.465 e. The monoisotopic (exact) mass is 394 g/mol. The molecule has 5 nitrogen and oxygen atoms in total. The Kier molecular flexibility index (Phi) is 6.47. The Bertz CT molecular complexity index is 788. The molecule has 0 N–H and O–H groups in total. The molecule has 3 rings (SSSR count). The van der Waals surface area contributed by atoms with E-state index in [1.165, 1.54) is 0 Å². The number of ether oxygens (including phenoxy) is 2. The van der Waals surface area contributed by atoms with E-state index < -0.39 is 29.2 Å². The second kappa shape index (κ2) is 9.03. The van der Waals surface area contributed by atoms with Gasteiger partial charge in [-0.1, -0.05) is 60.7 Å². The van der Waals surface area contributed by atoms with Crippen molar-refractivity contribution in [2.45, 2.75) is 38.5 Å². The first kappa shape index (κ1) is 20.8. The van der Waals surface area contributed by atoms with Crippen LogP contribution in [0.5, 0.6) is 0 Å². The van der Waals surface area contributed by atoms with Gasteiger partial charge in [-0.05, 0) is 25.0 Å². The lowest BCUT2D eigenvalue weighted by Crippen LogP contribution is -2.54. The first-order chi connectivity index (χ1) is 14.1. The Morgan fingerprint density at radius 1 is 0.793 bits per heavy atom. The van der Waals surface area contributed by atoms with E-state index >= 15 is 0 Å². The van der Waals surface area contributed by atoms with Crippen molar-refractivity contribution in [3.05, 3.63) is 71.8 Å². The van der Waals surface area contributed by atoms with E-state index in [9.17, 15) is 14.4 Å². The fraction of sp³-hybridized carbons (Fsp3) is 0.375. The summed E-state index contributed by atoms with van der Waals surface area (Å²) in [6.45, 7) is 3.69. The predicted octanol–water partition coefficient (Wildman–Crippen LogP) is 4.03. The first-order valence-electron chi connectivity index (χ1n) is 10.0. The third-order valence-corrected chi connectivity index (χ3v) is 5.59. The van der Waals surface area contributed by atoms with Crippen molar-refractivity contribution in [3.8, 4) is 0 Å². The van der Waals surface area contributed by atoms with Gasteiger partial charge in [0.05, 0.1) is 13.2 Å². The normalized spacial score (nSPS) is 20.7. The molecule has 1 aliphatic rings. The van der Waals surface area contributed by atoms with E-state index in [1.54, 1.807) is 13.8 Å². The van der Waals surface area contributed by atoms with E-state index in [1.807, 2.05) is 60.7 Å². The highest BCUT2D eigenvalue weighted by atomic mass is 16.6. The molecule has 0 heterocycles. The summed E-state index contributed by atoms with van der Waals surface area (Å²) >= 11 is 0. The molecule has 0 saturated heterocycles. The van der Waals surface area contributed by atoms with Gasteiger partial charge in [0, 0.05) is 24.7 Å². The molecule has 2 unspecified atom stereocenters. The highest BCUT2D eigenvalue weighted by Crippen LogP contribution is 2.55. The zero-order valence-corrected chi connectivity index (χ0v) is 16.8. The van der Waals surface area contributed by atoms with Gasteiger partial charge >= 0.3 is 11.9 Å². The van der Waals surface area contributed by atoms with Gasteiger partial charge in [0.25, 0.3) is 0 Å². The lowest BCUT2D eigenvalue weighted by atomic mass is 9.56. The van der Waals surface area contributed by atoms with Crippen molar-refractivity contribution in [2.24, 2.45) is 5.41 Å². The molecule has 2 aromatic rings. The maximum atomic E-state index is 13.5. The topological polar surface area (TPSA) is 69.7 Å². The number of esters is 2. The van der Waals surface area contributed by atoms with Crippen LogP contribution in [0.1, 0.15) is 49.7 Å². The molecule has 1 fully saturated rings. The molecule has 0 spiro atoms. The van der Waals surface area contributed by atoms with Crippen molar-refractivity contribution in [2.75, 3.05) is 13.2 Å². The molecule has 1 saturated carbocycles. The Balaban J connectivity index is 2.28. The number of Topliss-reactive ketones (excluding diaryl/α,β-unsaturated/α-hetero) is 1. The van der Waals surface area contributed by atoms with Gasteiger partial charge in [0.15, 0.2) is 5.41 Å². The molecule has 2 aromatic carbocycles. The van der Waals surface area contributed by atoms with E-state index in [2.05, 4.69) is 0 Å². The number of hydrogen-bond acceptors (Lipinski definition) is 5. The molecule has 29 heavy (non-hydrogen) atoms. The Morgan fingerprint density at radius 3 is 1.52 bits per heavy atom. The number of carbonyl (C=O) groups excluding carboxylic acids is 3. The van der Waals surface area contributed by atoms with Crippen molar-refractivity contribution < 1.29 is 23.9 Å². The van der Waals surface area contributed by atoms with Crippen LogP contribution in [0.15, 0.2) is 60.7 Å². The first-order valence-corrected chi connectivity index (χ1v) is 10.0. The maximum Gasteiger partial charge on any atom is 0.324 e. The summed E-state index contributed by atoms with van der Waals surface area (Å²) in [4.78, 5) is 39.7. The molecule has 5 heteroatoms. The van der Waals surface area contributed by atoms with E-state index in [0.29, 0.717) is 0 Å². The summed E-state index contributed by atoms with van der Waals surface area (Å²) < 4.78 is 10.9. The smallest absolute Gasteiger partial charge is 0.324 e. The van der Waals surface area contributed by atoms with Crippen LogP contribution < -0.4 is 0 Å². The molecule has 0 radical (unpaired) electrons. The van der Waals surface area contributed by atoms with Gasteiger partial charge in [-0.3, -0.25) is 14.4 Å². The van der Waals surface area contributed by atoms with Crippen molar-refractivity contribution in [1.82, 2.24) is 0 Å². The molecule has 0 aliphatic heterocycles. The zero-order valence-electron chi connectivity index (χ0n) is 16.8. The fourth-order valence-corrected chi connectivity index (χ4v) is 4.39. The SMILES string of the molecule is CCOC(=O)C1(C(=O)OCC)C(c2ccccc2)CC(=O)CC1c1ccccc1. The van der Waals surface area contributed by atoms with Crippen molar-refractivity contribution in [1.29, 1.82) is 0 Å². The van der Waals surface area contributed by atoms with Crippen molar-refractivity contribution >= 4 is 17.7 Å². The number of hydrogen-bond donors (Lipinski definition) is 0. The molecule has 2 atom stereocenters. The average molecular weight is 394 g/mol. The third-order valence-electron chi connectivity index (χ3n) is 5.59. The molecule has 0 bridgehead atoms. The van der Waals surface area contributed by atoms with Crippen molar-refractivity contribution in [3.63, 3.8) is 0 Å². The van der Waals surface area contributed by atoms with E-state index in [-0.39, 0.29) is 31.8 Å². The van der Waals surface area contributed by atoms with Gasteiger partial charge in [-0.15, -0.1) is 0 Å². The van der Waals surface area contributed by atoms with Crippen LogP contribution in [0, 0.1) is 5.41 Å². The van der Waals surface area contributed by atoms with E-state index in [0.717, 1.165) is 11.1 Å². The highest BCUT2D eigenvalue weighted by Gasteiger charge is 2.63. The van der Waals surface area contributed by atoms with Crippen LogP contribution in [-0.4, -0.2) is 30.9 Å². The Hall–Kier alpha value is -2.95. The highest BCUT2D eigenvalue weighted by molar-refractivity contribution is 6.05. The molecular formula is C24H26O5. The molecule has 152 valence electrons. The lowest BCUT2D eigenvalue weighted by Gasteiger charge is -2.45. The average Bonchev–Trinajstić information content (AvgIpc) is 2.74. The summed E-state index contributed by atoms with van der Waals surface area (Å²) in [5.74, 6) is -2.57. The van der Waals surface area contributed by atoms with Crippen LogP contribution in [0.2, 0.25) is 0 Å². The molecule has 0 aromatic heterocycles. The molecule has 0 amide bonds. The molecular weight excluding hydrogens is 368 g/mol. The largest absolute Gasteiger partial charge is 0.465 e. The van der Waals surface area contributed by atoms with Crippen LogP contribution in [-0.2, 0) is 23.9 Å². The van der Waals surface area contributed by atoms with Gasteiger partial charge in [-0.2, -0.15) is 0 Å². The lowest BCUT2D eigenvalue weighted by molar-refractivity contribution is -0.178. The summed E-state index contributed by atoms with van der Waals surface area (Å²) in [5, 5.41) is 0. The Morgan fingerprint density at radius 2 is 1.17 bits per heavy atom. The van der Waals surface area contributed by atoms with Gasteiger partial charge in [0.2, 0.25) is 0 Å². The van der Waals surface area contributed by atoms with E-state index in [4.69, 9.17) is 9.47 Å². The predicted molar refractivity (Wildman–Crippen MR) is 108 cm³/mol. The third kappa shape index (κ3) is 3.82. The number of ketones is 1. The zero-order chi connectivity index (χ0) is 20.9.